The second-order valence-corrected chi connectivity index (χ2v) is 4.63. The van der Waals surface area contributed by atoms with Gasteiger partial charge in [-0.2, -0.15) is 0 Å². The molecule has 1 aliphatic heterocycles. The highest BCUT2D eigenvalue weighted by atomic mass is 16.7. The second-order valence-electron chi connectivity index (χ2n) is 4.63. The number of aromatic nitrogens is 1. The molecule has 1 aromatic heterocycles. The molecule has 100 valence electrons. The van der Waals surface area contributed by atoms with Crippen molar-refractivity contribution in [3.8, 4) is 0 Å². The predicted octanol–water partition coefficient (Wildman–Crippen LogP) is 0.896. The van der Waals surface area contributed by atoms with E-state index in [0.29, 0.717) is 5.69 Å². The second kappa shape index (κ2) is 4.38. The Morgan fingerprint density at radius 2 is 1.79 bits per heavy atom. The van der Waals surface area contributed by atoms with E-state index in [1.54, 1.807) is 25.1 Å². The summed E-state index contributed by atoms with van der Waals surface area (Å²) >= 11 is 0. The highest BCUT2D eigenvalue weighted by Crippen LogP contribution is 2.25. The monoisotopic (exact) mass is 262 g/mol. The van der Waals surface area contributed by atoms with Gasteiger partial charge in [0, 0.05) is 19.5 Å². The molecule has 19 heavy (non-hydrogen) atoms. The molecule has 0 aliphatic carbocycles. The van der Waals surface area contributed by atoms with Crippen LogP contribution in [0.15, 0.2) is 23.8 Å². The minimum atomic E-state index is -1.28. The number of rotatable bonds is 1. The number of carbonyl (C=O) groups is 2. The summed E-state index contributed by atoms with van der Waals surface area (Å²) in [6, 6.07) is 5.12. The van der Waals surface area contributed by atoms with Crippen molar-refractivity contribution in [2.24, 2.45) is 5.73 Å². The number of ether oxygens (including phenoxy) is 2. The fraction of sp³-hybridized carbons (Fsp3) is 0.308. The molecule has 0 unspecified atom stereocenters. The van der Waals surface area contributed by atoms with E-state index >= 15 is 0 Å². The number of aryl methyl sites for hydroxylation is 1. The van der Waals surface area contributed by atoms with Crippen molar-refractivity contribution < 1.29 is 19.1 Å². The molecule has 6 heteroatoms. The summed E-state index contributed by atoms with van der Waals surface area (Å²) in [7, 11) is 0. The molecule has 2 rings (SSSR count). The lowest BCUT2D eigenvalue weighted by Gasteiger charge is -2.30. The number of nitrogens with two attached hydrogens (primary N) is 1. The number of cyclic esters (lactones) is 2. The topological polar surface area (TPSA) is 91.5 Å². The number of hydrogen-bond donors (Lipinski definition) is 1. The third-order valence-corrected chi connectivity index (χ3v) is 2.52. The zero-order chi connectivity index (χ0) is 14.2. The summed E-state index contributed by atoms with van der Waals surface area (Å²) in [5, 5.41) is 0. The molecule has 0 spiro atoms. The van der Waals surface area contributed by atoms with Crippen LogP contribution >= 0.6 is 0 Å². The lowest BCUT2D eigenvalue weighted by atomic mass is 10.1. The van der Waals surface area contributed by atoms with E-state index in [-0.39, 0.29) is 11.3 Å². The van der Waals surface area contributed by atoms with Crippen molar-refractivity contribution >= 4 is 17.6 Å². The maximum Gasteiger partial charge on any atom is 0.351 e. The van der Waals surface area contributed by atoms with Gasteiger partial charge in [0.25, 0.3) is 5.79 Å². The molecule has 0 atom stereocenters. The van der Waals surface area contributed by atoms with Crippen LogP contribution < -0.4 is 5.73 Å². The van der Waals surface area contributed by atoms with E-state index in [0.717, 1.165) is 5.69 Å². The minimum absolute atomic E-state index is 0.0470. The van der Waals surface area contributed by atoms with Gasteiger partial charge in [-0.15, -0.1) is 0 Å². The predicted molar refractivity (Wildman–Crippen MR) is 66.3 cm³/mol. The van der Waals surface area contributed by atoms with Gasteiger partial charge in [-0.05, 0) is 19.1 Å². The smallest absolute Gasteiger partial charge is 0.351 e. The van der Waals surface area contributed by atoms with Gasteiger partial charge in [0.15, 0.2) is 5.57 Å². The fourth-order valence-corrected chi connectivity index (χ4v) is 1.69. The van der Waals surface area contributed by atoms with Crippen molar-refractivity contribution in [1.82, 2.24) is 4.98 Å². The van der Waals surface area contributed by atoms with E-state index in [2.05, 4.69) is 4.98 Å². The quantitative estimate of drug-likeness (QED) is 0.459. The van der Waals surface area contributed by atoms with E-state index in [1.807, 2.05) is 0 Å². The van der Waals surface area contributed by atoms with Crippen LogP contribution in [0.25, 0.3) is 5.70 Å². The van der Waals surface area contributed by atoms with Crippen LogP contribution in [-0.2, 0) is 19.1 Å². The lowest BCUT2D eigenvalue weighted by molar-refractivity contribution is -0.222. The highest BCUT2D eigenvalue weighted by Gasteiger charge is 2.40. The largest absolute Gasteiger partial charge is 0.419 e. The summed E-state index contributed by atoms with van der Waals surface area (Å²) in [6.07, 6.45) is 0. The fourth-order valence-electron chi connectivity index (χ4n) is 1.69. The molecular weight excluding hydrogens is 248 g/mol. The Balaban J connectivity index is 2.47. The van der Waals surface area contributed by atoms with Crippen molar-refractivity contribution in [1.29, 1.82) is 0 Å². The number of hydrogen-bond acceptors (Lipinski definition) is 6. The summed E-state index contributed by atoms with van der Waals surface area (Å²) in [6.45, 7) is 4.73. The summed E-state index contributed by atoms with van der Waals surface area (Å²) < 4.78 is 9.96. The van der Waals surface area contributed by atoms with Gasteiger partial charge < -0.3 is 15.2 Å². The number of nitrogens with zero attached hydrogens (tertiary/aromatic N) is 1. The highest BCUT2D eigenvalue weighted by molar-refractivity contribution is 6.20. The molecule has 1 aromatic rings. The molecule has 0 radical (unpaired) electrons. The summed E-state index contributed by atoms with van der Waals surface area (Å²) in [5.74, 6) is -2.89. The summed E-state index contributed by atoms with van der Waals surface area (Å²) in [5.41, 5.74) is 6.51. The van der Waals surface area contributed by atoms with Crippen LogP contribution in [-0.4, -0.2) is 22.7 Å². The molecule has 1 aliphatic rings. The van der Waals surface area contributed by atoms with Gasteiger partial charge in [-0.25, -0.2) is 9.59 Å². The Bertz CT molecular complexity index is 568. The van der Waals surface area contributed by atoms with Crippen LogP contribution in [0.3, 0.4) is 0 Å². The van der Waals surface area contributed by atoms with Crippen molar-refractivity contribution in [2.45, 2.75) is 26.6 Å². The minimum Gasteiger partial charge on any atom is -0.419 e. The average molecular weight is 262 g/mol. The Hall–Kier alpha value is -2.37. The normalized spacial score (nSPS) is 17.7. The van der Waals surface area contributed by atoms with Gasteiger partial charge >= 0.3 is 11.9 Å². The van der Waals surface area contributed by atoms with Crippen LogP contribution in [0, 0.1) is 6.92 Å². The lowest BCUT2D eigenvalue weighted by Crippen LogP contribution is -2.42. The van der Waals surface area contributed by atoms with Crippen molar-refractivity contribution in [2.75, 3.05) is 0 Å². The van der Waals surface area contributed by atoms with Gasteiger partial charge in [-0.1, -0.05) is 6.07 Å². The molecule has 1 saturated heterocycles. The molecule has 0 bridgehead atoms. The molecular formula is C13H14N2O4. The Kier molecular flexibility index (Phi) is 3.01. The maximum atomic E-state index is 11.8. The first-order valence-corrected chi connectivity index (χ1v) is 5.70. The molecule has 0 saturated carbocycles. The van der Waals surface area contributed by atoms with Crippen molar-refractivity contribution in [3.63, 3.8) is 0 Å². The Morgan fingerprint density at radius 1 is 1.21 bits per heavy atom. The standard InChI is InChI=1S/C13H14N2O4/c1-7-5-4-6-8(15-7)10(14)9-11(16)18-13(2,3)19-12(9)17/h4-6H,14H2,1-3H3. The van der Waals surface area contributed by atoms with Crippen molar-refractivity contribution in [3.05, 3.63) is 35.2 Å². The van der Waals surface area contributed by atoms with E-state index < -0.39 is 17.7 Å². The zero-order valence-electron chi connectivity index (χ0n) is 10.9. The summed E-state index contributed by atoms with van der Waals surface area (Å²) in [4.78, 5) is 27.8. The first-order chi connectivity index (χ1) is 8.80. The van der Waals surface area contributed by atoms with Gasteiger partial charge in [-0.3, -0.25) is 4.98 Å². The Labute approximate surface area is 110 Å². The zero-order valence-corrected chi connectivity index (χ0v) is 10.9. The molecule has 1 fully saturated rings. The number of pyridine rings is 1. The first kappa shape index (κ1) is 13.1. The molecule has 6 nitrogen and oxygen atoms in total. The van der Waals surface area contributed by atoms with Crippen LogP contribution in [0.5, 0.6) is 0 Å². The first-order valence-electron chi connectivity index (χ1n) is 5.70. The molecule has 2 N–H and O–H groups in total. The van der Waals surface area contributed by atoms with Gasteiger partial charge in [0.05, 0.1) is 11.4 Å². The van der Waals surface area contributed by atoms with Crippen LogP contribution in [0.2, 0.25) is 0 Å². The average Bonchev–Trinajstić information content (AvgIpc) is 2.25. The maximum absolute atomic E-state index is 11.8. The van der Waals surface area contributed by atoms with Crippen LogP contribution in [0.1, 0.15) is 25.2 Å². The molecule has 2 heterocycles. The number of carbonyl (C=O) groups excluding carboxylic acids is 2. The van der Waals surface area contributed by atoms with E-state index in [4.69, 9.17) is 15.2 Å². The third kappa shape index (κ3) is 2.57. The SMILES string of the molecule is Cc1cccc(C(N)=C2C(=O)OC(C)(C)OC2=O)n1. The van der Waals surface area contributed by atoms with E-state index in [9.17, 15) is 9.59 Å². The van der Waals surface area contributed by atoms with Gasteiger partial charge in [0.1, 0.15) is 0 Å². The molecule has 0 amide bonds. The number of esters is 2. The molecule has 0 aromatic carbocycles. The Morgan fingerprint density at radius 3 is 2.32 bits per heavy atom. The third-order valence-electron chi connectivity index (χ3n) is 2.52. The van der Waals surface area contributed by atoms with E-state index in [1.165, 1.54) is 13.8 Å². The van der Waals surface area contributed by atoms with Gasteiger partial charge in [0.2, 0.25) is 0 Å². The van der Waals surface area contributed by atoms with Crippen LogP contribution in [0.4, 0.5) is 0 Å².